The number of nitrogens with zero attached hydrogens (tertiary/aromatic N) is 2. The second-order valence-electron chi connectivity index (χ2n) is 5.91. The average molecular weight is 343 g/mol. The molecule has 0 spiro atoms. The van der Waals surface area contributed by atoms with Crippen molar-refractivity contribution in [3.8, 4) is 5.75 Å². The maximum absolute atomic E-state index is 12.1. The number of hydrogen-bond acceptors (Lipinski definition) is 3. The monoisotopic (exact) mass is 342 g/mol. The van der Waals surface area contributed by atoms with Crippen LogP contribution in [0.5, 0.6) is 5.75 Å². The zero-order valence-electron chi connectivity index (χ0n) is 12.4. The van der Waals surface area contributed by atoms with E-state index in [-0.39, 0.29) is 12.5 Å². The van der Waals surface area contributed by atoms with Crippen LogP contribution in [0.15, 0.2) is 18.2 Å². The highest BCUT2D eigenvalue weighted by molar-refractivity contribution is 6.35. The lowest BCUT2D eigenvalue weighted by Crippen LogP contribution is -2.62. The summed E-state index contributed by atoms with van der Waals surface area (Å²) in [5.74, 6) is 0.506. The standard InChI is InChI=1S/C16H20Cl2N2O2/c17-12-4-5-15(14(18)8-12)22-11-16(21)20-9-13(10-20)19-6-2-1-3-7-19/h4-5,8,13H,1-3,6-7,9-11H2. The molecule has 2 heterocycles. The first kappa shape index (κ1) is 15.9. The summed E-state index contributed by atoms with van der Waals surface area (Å²) in [4.78, 5) is 16.5. The van der Waals surface area contributed by atoms with E-state index in [0.29, 0.717) is 21.8 Å². The third-order valence-electron chi connectivity index (χ3n) is 4.37. The van der Waals surface area contributed by atoms with Crippen LogP contribution in [0.1, 0.15) is 19.3 Å². The molecule has 0 aliphatic carbocycles. The molecule has 1 amide bonds. The first-order valence-corrected chi connectivity index (χ1v) is 8.49. The number of carbonyl (C=O) groups is 1. The number of amides is 1. The molecule has 2 saturated heterocycles. The van der Waals surface area contributed by atoms with Gasteiger partial charge in [0.2, 0.25) is 0 Å². The molecule has 0 aromatic heterocycles. The van der Waals surface area contributed by atoms with Gasteiger partial charge in [0.15, 0.2) is 6.61 Å². The van der Waals surface area contributed by atoms with Crippen LogP contribution in [-0.4, -0.2) is 54.5 Å². The number of carbonyl (C=O) groups excluding carboxylic acids is 1. The first-order valence-electron chi connectivity index (χ1n) is 7.73. The van der Waals surface area contributed by atoms with Crippen LogP contribution in [0, 0.1) is 0 Å². The summed E-state index contributed by atoms with van der Waals surface area (Å²) in [5, 5.41) is 0.978. The summed E-state index contributed by atoms with van der Waals surface area (Å²) in [7, 11) is 0. The average Bonchev–Trinajstić information content (AvgIpc) is 2.46. The van der Waals surface area contributed by atoms with Crippen LogP contribution in [0.25, 0.3) is 0 Å². The van der Waals surface area contributed by atoms with E-state index in [1.807, 2.05) is 4.90 Å². The van der Waals surface area contributed by atoms with Crippen molar-refractivity contribution in [2.75, 3.05) is 32.8 Å². The lowest BCUT2D eigenvalue weighted by molar-refractivity contribution is -0.141. The quantitative estimate of drug-likeness (QED) is 0.842. The number of hydrogen-bond donors (Lipinski definition) is 0. The van der Waals surface area contributed by atoms with Crippen LogP contribution < -0.4 is 4.74 Å². The Morgan fingerprint density at radius 3 is 2.59 bits per heavy atom. The lowest BCUT2D eigenvalue weighted by atomic mass is 10.0. The summed E-state index contributed by atoms with van der Waals surface area (Å²) >= 11 is 11.9. The SMILES string of the molecule is O=C(COc1ccc(Cl)cc1Cl)N1CC(N2CCCCC2)C1. The molecule has 3 rings (SSSR count). The summed E-state index contributed by atoms with van der Waals surface area (Å²) in [6.45, 7) is 3.99. The van der Waals surface area contributed by atoms with Crippen molar-refractivity contribution >= 4 is 29.1 Å². The fourth-order valence-electron chi connectivity index (χ4n) is 3.00. The predicted octanol–water partition coefficient (Wildman–Crippen LogP) is 3.07. The number of piperidine rings is 1. The number of likely N-dealkylation sites (tertiary alicyclic amines) is 2. The van der Waals surface area contributed by atoms with Crippen LogP contribution in [-0.2, 0) is 4.79 Å². The topological polar surface area (TPSA) is 32.8 Å². The van der Waals surface area contributed by atoms with Gasteiger partial charge in [-0.15, -0.1) is 0 Å². The van der Waals surface area contributed by atoms with Gasteiger partial charge in [-0.2, -0.15) is 0 Å². The number of ether oxygens (including phenoxy) is 1. The van der Waals surface area contributed by atoms with Crippen molar-refractivity contribution < 1.29 is 9.53 Å². The second kappa shape index (κ2) is 7.07. The molecule has 120 valence electrons. The predicted molar refractivity (Wildman–Crippen MR) is 87.7 cm³/mol. The van der Waals surface area contributed by atoms with Gasteiger partial charge in [-0.05, 0) is 44.1 Å². The molecule has 1 aromatic carbocycles. The molecule has 0 bridgehead atoms. The third-order valence-corrected chi connectivity index (χ3v) is 4.90. The van der Waals surface area contributed by atoms with Gasteiger partial charge >= 0.3 is 0 Å². The summed E-state index contributed by atoms with van der Waals surface area (Å²) in [6, 6.07) is 5.52. The van der Waals surface area contributed by atoms with Gasteiger partial charge in [-0.1, -0.05) is 29.6 Å². The molecule has 22 heavy (non-hydrogen) atoms. The Morgan fingerprint density at radius 1 is 1.18 bits per heavy atom. The van der Waals surface area contributed by atoms with E-state index in [9.17, 15) is 4.79 Å². The maximum Gasteiger partial charge on any atom is 0.260 e. The highest BCUT2D eigenvalue weighted by Crippen LogP contribution is 2.27. The minimum absolute atomic E-state index is 0.0132. The molecular formula is C16H20Cl2N2O2. The highest BCUT2D eigenvalue weighted by atomic mass is 35.5. The van der Waals surface area contributed by atoms with Crippen molar-refractivity contribution in [3.05, 3.63) is 28.2 Å². The van der Waals surface area contributed by atoms with E-state index in [2.05, 4.69) is 4.90 Å². The van der Waals surface area contributed by atoms with Crippen molar-refractivity contribution in [1.82, 2.24) is 9.80 Å². The molecule has 0 unspecified atom stereocenters. The molecule has 2 aliphatic heterocycles. The van der Waals surface area contributed by atoms with E-state index in [4.69, 9.17) is 27.9 Å². The minimum Gasteiger partial charge on any atom is -0.482 e. The fraction of sp³-hybridized carbons (Fsp3) is 0.562. The summed E-state index contributed by atoms with van der Waals surface area (Å²) < 4.78 is 5.50. The molecule has 2 fully saturated rings. The minimum atomic E-state index is 0.0132. The molecule has 1 aromatic rings. The molecule has 0 radical (unpaired) electrons. The molecule has 0 atom stereocenters. The van der Waals surface area contributed by atoms with Crippen molar-refractivity contribution in [3.63, 3.8) is 0 Å². The Kier molecular flexibility index (Phi) is 5.11. The van der Waals surface area contributed by atoms with E-state index < -0.39 is 0 Å². The Balaban J connectivity index is 1.43. The Hall–Kier alpha value is -0.970. The molecule has 6 heteroatoms. The van der Waals surface area contributed by atoms with E-state index in [1.54, 1.807) is 18.2 Å². The van der Waals surface area contributed by atoms with Crippen LogP contribution in [0.2, 0.25) is 10.0 Å². The van der Waals surface area contributed by atoms with Gasteiger partial charge in [0.25, 0.3) is 5.91 Å². The van der Waals surface area contributed by atoms with E-state index in [0.717, 1.165) is 13.1 Å². The lowest BCUT2D eigenvalue weighted by Gasteiger charge is -2.46. The largest absolute Gasteiger partial charge is 0.482 e. The molecule has 4 nitrogen and oxygen atoms in total. The third kappa shape index (κ3) is 3.67. The van der Waals surface area contributed by atoms with Crippen molar-refractivity contribution in [1.29, 1.82) is 0 Å². The van der Waals surface area contributed by atoms with Gasteiger partial charge in [0, 0.05) is 24.2 Å². The highest BCUT2D eigenvalue weighted by Gasteiger charge is 2.35. The molecule has 0 N–H and O–H groups in total. The Labute approximate surface area is 140 Å². The normalized spacial score (nSPS) is 19.8. The van der Waals surface area contributed by atoms with Gasteiger partial charge in [0.05, 0.1) is 5.02 Å². The molecular weight excluding hydrogens is 323 g/mol. The van der Waals surface area contributed by atoms with Crippen LogP contribution in [0.3, 0.4) is 0 Å². The number of halogens is 2. The molecule has 2 aliphatic rings. The summed E-state index contributed by atoms with van der Waals surface area (Å²) in [6.07, 6.45) is 3.90. The van der Waals surface area contributed by atoms with Crippen LogP contribution >= 0.6 is 23.2 Å². The second-order valence-corrected chi connectivity index (χ2v) is 6.76. The van der Waals surface area contributed by atoms with Crippen LogP contribution in [0.4, 0.5) is 0 Å². The van der Waals surface area contributed by atoms with Gasteiger partial charge < -0.3 is 9.64 Å². The van der Waals surface area contributed by atoms with Gasteiger partial charge in [-0.3, -0.25) is 9.69 Å². The number of benzene rings is 1. The van der Waals surface area contributed by atoms with E-state index >= 15 is 0 Å². The van der Waals surface area contributed by atoms with Crippen molar-refractivity contribution in [2.24, 2.45) is 0 Å². The smallest absolute Gasteiger partial charge is 0.260 e. The van der Waals surface area contributed by atoms with Crippen molar-refractivity contribution in [2.45, 2.75) is 25.3 Å². The first-order chi connectivity index (χ1) is 10.6. The Bertz CT molecular complexity index is 541. The van der Waals surface area contributed by atoms with E-state index in [1.165, 1.54) is 32.4 Å². The number of rotatable bonds is 4. The molecule has 0 saturated carbocycles. The van der Waals surface area contributed by atoms with Gasteiger partial charge in [0.1, 0.15) is 5.75 Å². The van der Waals surface area contributed by atoms with Gasteiger partial charge in [-0.25, -0.2) is 0 Å². The Morgan fingerprint density at radius 2 is 1.91 bits per heavy atom. The fourth-order valence-corrected chi connectivity index (χ4v) is 3.46. The maximum atomic E-state index is 12.1. The zero-order chi connectivity index (χ0) is 15.5. The summed E-state index contributed by atoms with van der Waals surface area (Å²) in [5.41, 5.74) is 0. The zero-order valence-corrected chi connectivity index (χ0v) is 13.9.